The van der Waals surface area contributed by atoms with Gasteiger partial charge in [-0.1, -0.05) is 6.07 Å². The number of rotatable bonds is 5. The molecule has 1 unspecified atom stereocenters. The summed E-state index contributed by atoms with van der Waals surface area (Å²) in [7, 11) is 1.58. The van der Waals surface area contributed by atoms with E-state index >= 15 is 0 Å². The van der Waals surface area contributed by atoms with Gasteiger partial charge in [-0.3, -0.25) is 9.78 Å². The van der Waals surface area contributed by atoms with Gasteiger partial charge in [-0.15, -0.1) is 0 Å². The topological polar surface area (TPSA) is 94.3 Å². The number of carbonyl (C=O) groups excluding carboxylic acids is 1. The van der Waals surface area contributed by atoms with Gasteiger partial charge < -0.3 is 10.0 Å². The van der Waals surface area contributed by atoms with Gasteiger partial charge in [0, 0.05) is 31.4 Å². The van der Waals surface area contributed by atoms with E-state index in [1.165, 1.54) is 17.2 Å². The van der Waals surface area contributed by atoms with Gasteiger partial charge in [-0.25, -0.2) is 4.79 Å². The first kappa shape index (κ1) is 15.4. The Bertz CT molecular complexity index is 575. The number of carboxylic acid groups (broad SMARTS) is 1. The number of carboxylic acids is 1. The Hall–Kier alpha value is -2.68. The number of aliphatic carboxylic acids is 1. The minimum Gasteiger partial charge on any atom is -0.478 e. The molecule has 0 saturated heterocycles. The fraction of sp³-hybridized carbons (Fsp3) is 0.286. The smallest absolute Gasteiger partial charge is 0.328 e. The van der Waals surface area contributed by atoms with Gasteiger partial charge in [-0.2, -0.15) is 5.26 Å². The molecule has 6 heteroatoms. The third kappa shape index (κ3) is 4.21. The molecule has 0 aliphatic heterocycles. The lowest BCUT2D eigenvalue weighted by Gasteiger charge is -2.18. The largest absolute Gasteiger partial charge is 0.478 e. The summed E-state index contributed by atoms with van der Waals surface area (Å²) in [5.74, 6) is -1.73. The summed E-state index contributed by atoms with van der Waals surface area (Å²) in [5.41, 5.74) is 0.592. The van der Waals surface area contributed by atoms with Crippen molar-refractivity contribution in [1.82, 2.24) is 9.88 Å². The second-order valence-corrected chi connectivity index (χ2v) is 4.33. The molecular formula is C14H15N3O3. The van der Waals surface area contributed by atoms with Crippen LogP contribution in [0.15, 0.2) is 24.4 Å². The quantitative estimate of drug-likeness (QED) is 0.818. The van der Waals surface area contributed by atoms with Crippen LogP contribution < -0.4 is 0 Å². The highest BCUT2D eigenvalue weighted by Gasteiger charge is 2.17. The minimum absolute atomic E-state index is 0.164. The van der Waals surface area contributed by atoms with Crippen molar-refractivity contribution >= 4 is 18.0 Å². The highest BCUT2D eigenvalue weighted by atomic mass is 16.4. The molecule has 1 atom stereocenters. The Labute approximate surface area is 117 Å². The summed E-state index contributed by atoms with van der Waals surface area (Å²) in [6.45, 7) is 2.00. The molecule has 0 aromatic carbocycles. The number of nitriles is 1. The van der Waals surface area contributed by atoms with Crippen molar-refractivity contribution in [2.24, 2.45) is 5.92 Å². The zero-order valence-electron chi connectivity index (χ0n) is 11.3. The molecule has 1 N–H and O–H groups in total. The summed E-state index contributed by atoms with van der Waals surface area (Å²) >= 11 is 0. The van der Waals surface area contributed by atoms with Gasteiger partial charge in [0.15, 0.2) is 0 Å². The van der Waals surface area contributed by atoms with E-state index in [9.17, 15) is 9.59 Å². The van der Waals surface area contributed by atoms with Crippen LogP contribution in [0.25, 0.3) is 6.08 Å². The first-order valence-corrected chi connectivity index (χ1v) is 5.96. The van der Waals surface area contributed by atoms with Crippen molar-refractivity contribution in [3.63, 3.8) is 0 Å². The van der Waals surface area contributed by atoms with E-state index in [1.807, 2.05) is 0 Å². The molecular weight excluding hydrogens is 258 g/mol. The van der Waals surface area contributed by atoms with Crippen LogP contribution in [-0.2, 0) is 4.79 Å². The van der Waals surface area contributed by atoms with Gasteiger partial charge in [0.05, 0.1) is 12.0 Å². The maximum atomic E-state index is 12.2. The zero-order chi connectivity index (χ0) is 15.1. The molecule has 0 saturated carbocycles. The molecule has 1 rings (SSSR count). The van der Waals surface area contributed by atoms with Gasteiger partial charge in [0.1, 0.15) is 5.69 Å². The van der Waals surface area contributed by atoms with Crippen LogP contribution in [0, 0.1) is 17.2 Å². The molecule has 104 valence electrons. The summed E-state index contributed by atoms with van der Waals surface area (Å²) in [6.07, 6.45) is 3.74. The number of hydrogen-bond acceptors (Lipinski definition) is 4. The van der Waals surface area contributed by atoms with Crippen LogP contribution in [-0.4, -0.2) is 40.5 Å². The van der Waals surface area contributed by atoms with Crippen molar-refractivity contribution in [2.75, 3.05) is 13.6 Å². The van der Waals surface area contributed by atoms with E-state index in [-0.39, 0.29) is 24.1 Å². The lowest BCUT2D eigenvalue weighted by atomic mass is 10.1. The molecule has 1 aromatic rings. The number of pyridine rings is 1. The molecule has 1 aromatic heterocycles. The zero-order valence-corrected chi connectivity index (χ0v) is 11.3. The van der Waals surface area contributed by atoms with E-state index in [2.05, 4.69) is 11.1 Å². The molecule has 20 heavy (non-hydrogen) atoms. The van der Waals surface area contributed by atoms with Gasteiger partial charge in [0.25, 0.3) is 5.91 Å². The molecule has 0 spiro atoms. The third-order valence-corrected chi connectivity index (χ3v) is 2.56. The van der Waals surface area contributed by atoms with Crippen LogP contribution in [0.2, 0.25) is 0 Å². The number of hydrogen-bond donors (Lipinski definition) is 1. The molecule has 1 amide bonds. The average Bonchev–Trinajstić information content (AvgIpc) is 2.44. The first-order chi connectivity index (χ1) is 9.45. The predicted octanol–water partition coefficient (Wildman–Crippen LogP) is 1.41. The fourth-order valence-corrected chi connectivity index (χ4v) is 1.61. The number of carbonyl (C=O) groups is 2. The fourth-order valence-electron chi connectivity index (χ4n) is 1.61. The van der Waals surface area contributed by atoms with Gasteiger partial charge in [-0.05, 0) is 19.1 Å². The van der Waals surface area contributed by atoms with Crippen molar-refractivity contribution in [3.05, 3.63) is 35.7 Å². The van der Waals surface area contributed by atoms with E-state index in [0.717, 1.165) is 6.08 Å². The lowest BCUT2D eigenvalue weighted by Crippen LogP contribution is -2.31. The van der Waals surface area contributed by atoms with Crippen molar-refractivity contribution in [1.29, 1.82) is 5.26 Å². The maximum absolute atomic E-state index is 12.2. The van der Waals surface area contributed by atoms with E-state index < -0.39 is 5.97 Å². The highest BCUT2D eigenvalue weighted by Crippen LogP contribution is 2.11. The van der Waals surface area contributed by atoms with Crippen LogP contribution in [0.3, 0.4) is 0 Å². The number of aromatic nitrogens is 1. The van der Waals surface area contributed by atoms with Crippen molar-refractivity contribution in [3.8, 4) is 6.07 Å². The van der Waals surface area contributed by atoms with Crippen LogP contribution >= 0.6 is 0 Å². The SMILES string of the molecule is CC(C#N)CN(C)C(=O)c1ncccc1/C=C/C(=O)O. The Morgan fingerprint density at radius 1 is 1.60 bits per heavy atom. The van der Waals surface area contributed by atoms with Gasteiger partial charge in [0.2, 0.25) is 0 Å². The van der Waals surface area contributed by atoms with Crippen LogP contribution in [0.1, 0.15) is 23.0 Å². The molecule has 0 bridgehead atoms. The van der Waals surface area contributed by atoms with Gasteiger partial charge >= 0.3 is 5.97 Å². The normalized spacial score (nSPS) is 11.8. The molecule has 0 aliphatic carbocycles. The van der Waals surface area contributed by atoms with Crippen LogP contribution in [0.5, 0.6) is 0 Å². The number of amides is 1. The lowest BCUT2D eigenvalue weighted by molar-refractivity contribution is -0.131. The molecule has 0 fully saturated rings. The molecule has 0 aliphatic rings. The standard InChI is InChI=1S/C14H15N3O3/c1-10(8-15)9-17(2)14(20)13-11(4-3-7-16-13)5-6-12(18)19/h3-7,10H,9H2,1-2H3,(H,18,19)/b6-5+. The second kappa shape index (κ2) is 7.04. The summed E-state index contributed by atoms with van der Waals surface area (Å²) in [4.78, 5) is 28.2. The maximum Gasteiger partial charge on any atom is 0.328 e. The Kier molecular flexibility index (Phi) is 5.42. The molecule has 1 heterocycles. The predicted molar refractivity (Wildman–Crippen MR) is 72.6 cm³/mol. The minimum atomic E-state index is -1.10. The summed E-state index contributed by atoms with van der Waals surface area (Å²) < 4.78 is 0. The summed E-state index contributed by atoms with van der Waals surface area (Å²) in [6, 6.07) is 5.28. The first-order valence-electron chi connectivity index (χ1n) is 5.96. The third-order valence-electron chi connectivity index (χ3n) is 2.56. The van der Waals surface area contributed by atoms with E-state index in [0.29, 0.717) is 5.56 Å². The Morgan fingerprint density at radius 3 is 2.90 bits per heavy atom. The highest BCUT2D eigenvalue weighted by molar-refractivity contribution is 5.97. The van der Waals surface area contributed by atoms with E-state index in [1.54, 1.807) is 26.1 Å². The summed E-state index contributed by atoms with van der Waals surface area (Å²) in [5, 5.41) is 17.4. The van der Waals surface area contributed by atoms with Crippen LogP contribution in [0.4, 0.5) is 0 Å². The molecule has 0 radical (unpaired) electrons. The average molecular weight is 273 g/mol. The van der Waals surface area contributed by atoms with Crippen molar-refractivity contribution < 1.29 is 14.7 Å². The monoisotopic (exact) mass is 273 g/mol. The van der Waals surface area contributed by atoms with E-state index in [4.69, 9.17) is 10.4 Å². The second-order valence-electron chi connectivity index (χ2n) is 4.33. The van der Waals surface area contributed by atoms with Crippen molar-refractivity contribution in [2.45, 2.75) is 6.92 Å². The Balaban J connectivity index is 2.99. The Morgan fingerprint density at radius 2 is 2.30 bits per heavy atom. The molecule has 6 nitrogen and oxygen atoms in total. The number of nitrogens with zero attached hydrogens (tertiary/aromatic N) is 3.